The molecule has 1 saturated carbocycles. The smallest absolute Gasteiger partial charge is 0.145 e. The van der Waals surface area contributed by atoms with Crippen LogP contribution in [0.2, 0.25) is 0 Å². The van der Waals surface area contributed by atoms with Crippen LogP contribution in [0.15, 0.2) is 48.9 Å². The van der Waals surface area contributed by atoms with Gasteiger partial charge in [-0.15, -0.1) is 0 Å². The van der Waals surface area contributed by atoms with Gasteiger partial charge < -0.3 is 26.2 Å². The molecule has 6 N–H and O–H groups in total. The minimum atomic E-state index is -0.861. The Bertz CT molecular complexity index is 1220. The number of aliphatic hydroxyl groups is 2. The van der Waals surface area contributed by atoms with Crippen LogP contribution in [-0.4, -0.2) is 41.9 Å². The molecule has 0 spiro atoms. The molecule has 0 bridgehead atoms. The summed E-state index contributed by atoms with van der Waals surface area (Å²) in [5.41, 5.74) is 14.4. The number of nitrogens with zero attached hydrogens (tertiary/aromatic N) is 4. The van der Waals surface area contributed by atoms with E-state index in [1.807, 2.05) is 35.0 Å². The molecule has 154 valence electrons. The van der Waals surface area contributed by atoms with Crippen molar-refractivity contribution in [2.24, 2.45) is 5.92 Å². The molecule has 0 radical (unpaired) electrons. The van der Waals surface area contributed by atoms with Gasteiger partial charge in [0.05, 0.1) is 23.0 Å². The van der Waals surface area contributed by atoms with E-state index in [2.05, 4.69) is 21.0 Å². The molecule has 0 amide bonds. The van der Waals surface area contributed by atoms with Gasteiger partial charge in [-0.1, -0.05) is 12.1 Å². The fraction of sp³-hybridized carbons (Fsp3) is 0.318. The van der Waals surface area contributed by atoms with E-state index in [4.69, 9.17) is 11.5 Å². The van der Waals surface area contributed by atoms with Crippen LogP contribution in [-0.2, 0) is 6.42 Å². The summed E-state index contributed by atoms with van der Waals surface area (Å²) >= 11 is 0. The zero-order valence-corrected chi connectivity index (χ0v) is 16.4. The van der Waals surface area contributed by atoms with Gasteiger partial charge >= 0.3 is 0 Å². The number of hydrogen-bond acceptors (Lipinski definition) is 7. The average molecular weight is 404 g/mol. The fourth-order valence-corrected chi connectivity index (χ4v) is 4.61. The minimum Gasteiger partial charge on any atom is -0.390 e. The Morgan fingerprint density at radius 3 is 2.73 bits per heavy atom. The van der Waals surface area contributed by atoms with Gasteiger partial charge in [-0.05, 0) is 55.0 Å². The summed E-state index contributed by atoms with van der Waals surface area (Å²) in [7, 11) is 0. The maximum Gasteiger partial charge on any atom is 0.145 e. The number of rotatable bonds is 4. The number of pyridine rings is 1. The highest BCUT2D eigenvalue weighted by Crippen LogP contribution is 2.39. The largest absolute Gasteiger partial charge is 0.390 e. The molecule has 8 heteroatoms. The van der Waals surface area contributed by atoms with Gasteiger partial charge in [-0.2, -0.15) is 0 Å². The van der Waals surface area contributed by atoms with Crippen LogP contribution in [0.25, 0.3) is 21.9 Å². The molecule has 4 atom stereocenters. The molecule has 0 aliphatic heterocycles. The molecule has 1 fully saturated rings. The monoisotopic (exact) mass is 404 g/mol. The summed E-state index contributed by atoms with van der Waals surface area (Å²) < 4.78 is 1.91. The zero-order chi connectivity index (χ0) is 20.8. The van der Waals surface area contributed by atoms with Crippen LogP contribution in [0.4, 0.5) is 11.6 Å². The molecule has 1 aliphatic rings. The number of aryl methyl sites for hydroxylation is 1. The van der Waals surface area contributed by atoms with Crippen LogP contribution in [0.5, 0.6) is 0 Å². The average Bonchev–Trinajstić information content (AvgIpc) is 3.29. The van der Waals surface area contributed by atoms with Gasteiger partial charge in [0.2, 0.25) is 0 Å². The van der Waals surface area contributed by atoms with Crippen molar-refractivity contribution in [1.29, 1.82) is 0 Å². The van der Waals surface area contributed by atoms with Crippen molar-refractivity contribution in [3.8, 4) is 0 Å². The van der Waals surface area contributed by atoms with Gasteiger partial charge in [0.15, 0.2) is 0 Å². The Morgan fingerprint density at radius 1 is 1.03 bits per heavy atom. The zero-order valence-electron chi connectivity index (χ0n) is 16.4. The molecule has 3 aromatic heterocycles. The molecule has 8 nitrogen and oxygen atoms in total. The maximum atomic E-state index is 10.7. The van der Waals surface area contributed by atoms with E-state index < -0.39 is 12.2 Å². The van der Waals surface area contributed by atoms with E-state index in [-0.39, 0.29) is 12.0 Å². The second-order valence-electron chi connectivity index (χ2n) is 8.07. The topological polar surface area (TPSA) is 136 Å². The van der Waals surface area contributed by atoms with E-state index in [1.54, 1.807) is 6.07 Å². The molecular formula is C22H24N6O2. The van der Waals surface area contributed by atoms with Crippen molar-refractivity contribution < 1.29 is 10.2 Å². The molecule has 0 saturated heterocycles. The van der Waals surface area contributed by atoms with E-state index in [1.165, 1.54) is 6.33 Å². The van der Waals surface area contributed by atoms with Gasteiger partial charge in [0, 0.05) is 11.6 Å². The first kappa shape index (κ1) is 18.8. The van der Waals surface area contributed by atoms with E-state index >= 15 is 0 Å². The first-order valence-corrected chi connectivity index (χ1v) is 10.1. The lowest BCUT2D eigenvalue weighted by Gasteiger charge is -2.19. The lowest BCUT2D eigenvalue weighted by atomic mass is 9.95. The minimum absolute atomic E-state index is 0.0221. The van der Waals surface area contributed by atoms with Crippen LogP contribution in [0, 0.1) is 5.92 Å². The summed E-state index contributed by atoms with van der Waals surface area (Å²) in [5.74, 6) is 0.889. The Balaban J connectivity index is 1.34. The molecule has 1 aliphatic carbocycles. The van der Waals surface area contributed by atoms with E-state index in [0.29, 0.717) is 23.7 Å². The normalized spacial score (nSPS) is 24.1. The lowest BCUT2D eigenvalue weighted by molar-refractivity contribution is 0.00545. The van der Waals surface area contributed by atoms with Crippen molar-refractivity contribution >= 4 is 33.6 Å². The Kier molecular flexibility index (Phi) is 4.52. The molecule has 1 unspecified atom stereocenters. The SMILES string of the molecule is Nc1ccc2ccc(CC[C@H]3C[C@@H](n4ccc5c(N)ncnc54)[C@H](O)C3O)cc2n1. The first-order valence-electron chi connectivity index (χ1n) is 10.1. The van der Waals surface area contributed by atoms with Gasteiger partial charge in [-0.3, -0.25) is 0 Å². The first-order chi connectivity index (χ1) is 14.5. The number of aromatic nitrogens is 4. The van der Waals surface area contributed by atoms with Gasteiger partial charge in [0.25, 0.3) is 0 Å². The number of nitrogen functional groups attached to an aromatic ring is 2. The molecule has 1 aromatic carbocycles. The third kappa shape index (κ3) is 3.14. The number of anilines is 2. The predicted octanol–water partition coefficient (Wildman–Crippen LogP) is 2.06. The Hall–Kier alpha value is -3.23. The molecule has 30 heavy (non-hydrogen) atoms. The highest BCUT2D eigenvalue weighted by Gasteiger charge is 2.42. The second kappa shape index (κ2) is 7.23. The van der Waals surface area contributed by atoms with Crippen molar-refractivity contribution in [1.82, 2.24) is 19.5 Å². The van der Waals surface area contributed by atoms with Crippen LogP contribution >= 0.6 is 0 Å². The summed E-state index contributed by atoms with van der Waals surface area (Å²) in [6.45, 7) is 0. The van der Waals surface area contributed by atoms with Crippen molar-refractivity contribution in [2.75, 3.05) is 11.5 Å². The molecular weight excluding hydrogens is 380 g/mol. The second-order valence-corrected chi connectivity index (χ2v) is 8.07. The predicted molar refractivity (Wildman–Crippen MR) is 116 cm³/mol. The number of fused-ring (bicyclic) bond motifs is 2. The third-order valence-corrected chi connectivity index (χ3v) is 6.25. The van der Waals surface area contributed by atoms with Crippen molar-refractivity contribution in [2.45, 2.75) is 37.5 Å². The quantitative estimate of drug-likeness (QED) is 0.409. The fourth-order valence-electron chi connectivity index (χ4n) is 4.61. The van der Waals surface area contributed by atoms with Crippen molar-refractivity contribution in [3.63, 3.8) is 0 Å². The highest BCUT2D eigenvalue weighted by molar-refractivity contribution is 5.86. The van der Waals surface area contributed by atoms with E-state index in [9.17, 15) is 10.2 Å². The maximum absolute atomic E-state index is 10.7. The van der Waals surface area contributed by atoms with E-state index in [0.717, 1.165) is 34.7 Å². The summed E-state index contributed by atoms with van der Waals surface area (Å²) in [5, 5.41) is 23.2. The van der Waals surface area contributed by atoms with Gasteiger partial charge in [0.1, 0.15) is 29.7 Å². The summed E-state index contributed by atoms with van der Waals surface area (Å²) in [6, 6.07) is 11.5. The Morgan fingerprint density at radius 2 is 1.87 bits per heavy atom. The summed E-state index contributed by atoms with van der Waals surface area (Å²) in [6.07, 6.45) is 3.84. The van der Waals surface area contributed by atoms with Crippen LogP contribution < -0.4 is 11.5 Å². The van der Waals surface area contributed by atoms with Crippen LogP contribution in [0.3, 0.4) is 0 Å². The molecule has 5 rings (SSSR count). The van der Waals surface area contributed by atoms with Gasteiger partial charge in [-0.25, -0.2) is 15.0 Å². The summed E-state index contributed by atoms with van der Waals surface area (Å²) in [4.78, 5) is 12.7. The lowest BCUT2D eigenvalue weighted by Crippen LogP contribution is -2.29. The number of nitrogens with two attached hydrogens (primary N) is 2. The third-order valence-electron chi connectivity index (χ3n) is 6.25. The highest BCUT2D eigenvalue weighted by atomic mass is 16.3. The molecule has 4 aromatic rings. The van der Waals surface area contributed by atoms with Crippen molar-refractivity contribution in [3.05, 3.63) is 54.5 Å². The number of benzene rings is 1. The molecule has 3 heterocycles. The van der Waals surface area contributed by atoms with Crippen LogP contribution in [0.1, 0.15) is 24.4 Å². The Labute approximate surface area is 173 Å². The number of aliphatic hydroxyl groups excluding tert-OH is 2. The number of hydrogen-bond donors (Lipinski definition) is 4. The standard InChI is InChI=1S/C22H24N6O2/c23-18-6-5-13-3-1-12(9-16(13)27-18)2-4-14-10-17(20(30)19(14)29)28-8-7-15-21(24)25-11-26-22(15)28/h1,3,5-9,11,14,17,19-20,29-30H,2,4,10H2,(H2,23,27)(H2,24,25,26)/t14-,17+,19?,20-/m0/s1.